The van der Waals surface area contributed by atoms with Crippen molar-refractivity contribution < 1.29 is 28.2 Å². The lowest BCUT2D eigenvalue weighted by Gasteiger charge is -2.36. The van der Waals surface area contributed by atoms with Crippen LogP contribution in [0.25, 0.3) is 0 Å². The second-order valence-electron chi connectivity index (χ2n) is 9.15. The number of carbonyl (C=O) groups is 3. The zero-order chi connectivity index (χ0) is 26.4. The molecule has 194 valence electrons. The molecule has 1 heterocycles. The Balaban J connectivity index is 2.01. The average Bonchev–Trinajstić information content (AvgIpc) is 2.87. The summed E-state index contributed by atoms with van der Waals surface area (Å²) in [4.78, 5) is 41.7. The first-order valence-corrected chi connectivity index (χ1v) is 12.1. The third kappa shape index (κ3) is 6.20. The molecule has 9 heteroatoms. The molecular formula is C27H34FN3O5. The van der Waals surface area contributed by atoms with E-state index >= 15 is 0 Å². The van der Waals surface area contributed by atoms with E-state index in [1.807, 2.05) is 13.8 Å². The molecule has 3 atom stereocenters. The normalized spacial score (nSPS) is 21.1. The third-order valence-corrected chi connectivity index (χ3v) is 6.42. The molecule has 1 aliphatic heterocycles. The van der Waals surface area contributed by atoms with Crippen molar-refractivity contribution in [1.29, 1.82) is 0 Å². The van der Waals surface area contributed by atoms with E-state index in [-0.39, 0.29) is 54.8 Å². The van der Waals surface area contributed by atoms with Crippen LogP contribution in [0.2, 0.25) is 0 Å². The molecule has 1 aliphatic rings. The number of rotatable bonds is 4. The highest BCUT2D eigenvalue weighted by Gasteiger charge is 2.31. The van der Waals surface area contributed by atoms with Crippen LogP contribution in [0, 0.1) is 11.7 Å². The Bertz CT molecular complexity index is 1110. The van der Waals surface area contributed by atoms with E-state index in [0.29, 0.717) is 17.7 Å². The number of nitrogens with one attached hydrogen (secondary N) is 1. The Morgan fingerprint density at radius 2 is 1.89 bits per heavy atom. The Hall–Kier alpha value is -3.46. The molecule has 0 saturated heterocycles. The minimum Gasteiger partial charge on any atom is -0.491 e. The van der Waals surface area contributed by atoms with Crippen LogP contribution in [0.15, 0.2) is 42.5 Å². The predicted octanol–water partition coefficient (Wildman–Crippen LogP) is 3.82. The van der Waals surface area contributed by atoms with Crippen LogP contribution in [0.3, 0.4) is 0 Å². The number of carbonyl (C=O) groups excluding carboxylic acids is 3. The highest BCUT2D eigenvalue weighted by Crippen LogP contribution is 2.27. The molecule has 1 N–H and O–H groups in total. The van der Waals surface area contributed by atoms with Crippen LogP contribution in [0.4, 0.5) is 10.1 Å². The Kier molecular flexibility index (Phi) is 9.03. The van der Waals surface area contributed by atoms with Crippen LogP contribution < -0.4 is 10.1 Å². The molecule has 3 amide bonds. The Morgan fingerprint density at radius 3 is 2.56 bits per heavy atom. The molecule has 0 bridgehead atoms. The molecule has 0 fully saturated rings. The average molecular weight is 500 g/mol. The number of halogens is 1. The van der Waals surface area contributed by atoms with Gasteiger partial charge in [0, 0.05) is 51.3 Å². The van der Waals surface area contributed by atoms with Crippen molar-refractivity contribution in [2.45, 2.75) is 39.3 Å². The maximum Gasteiger partial charge on any atom is 0.257 e. The molecule has 0 saturated carbocycles. The first-order valence-electron chi connectivity index (χ1n) is 12.1. The van der Waals surface area contributed by atoms with Gasteiger partial charge in [0.15, 0.2) is 0 Å². The maximum absolute atomic E-state index is 14.5. The SMILES string of the molecule is CCC(=O)Nc1ccc2c(c1)OC[C@@H](C)N(C(=O)c1ccccc1F)C[C@H](C)[C@H](OC)CN(C)C2=O. The first kappa shape index (κ1) is 27.1. The molecule has 0 aromatic heterocycles. The second kappa shape index (κ2) is 12.0. The summed E-state index contributed by atoms with van der Waals surface area (Å²) in [7, 11) is 3.24. The maximum atomic E-state index is 14.5. The van der Waals surface area contributed by atoms with Crippen molar-refractivity contribution in [2.24, 2.45) is 5.92 Å². The summed E-state index contributed by atoms with van der Waals surface area (Å²) in [5.41, 5.74) is 0.808. The van der Waals surface area contributed by atoms with Gasteiger partial charge in [-0.2, -0.15) is 0 Å². The van der Waals surface area contributed by atoms with Gasteiger partial charge in [-0.25, -0.2) is 4.39 Å². The Morgan fingerprint density at radius 1 is 1.17 bits per heavy atom. The number of likely N-dealkylation sites (N-methyl/N-ethyl adjacent to an activating group) is 1. The summed E-state index contributed by atoms with van der Waals surface area (Å²) in [5, 5.41) is 2.77. The van der Waals surface area contributed by atoms with Crippen molar-refractivity contribution in [2.75, 3.05) is 39.2 Å². The van der Waals surface area contributed by atoms with E-state index < -0.39 is 17.8 Å². The fraction of sp³-hybridized carbons (Fsp3) is 0.444. The van der Waals surface area contributed by atoms with Gasteiger partial charge in [0.05, 0.1) is 23.3 Å². The Labute approximate surface area is 211 Å². The van der Waals surface area contributed by atoms with Crippen molar-refractivity contribution in [1.82, 2.24) is 9.80 Å². The molecule has 3 rings (SSSR count). The third-order valence-electron chi connectivity index (χ3n) is 6.42. The first-order chi connectivity index (χ1) is 17.2. The van der Waals surface area contributed by atoms with Gasteiger partial charge in [-0.15, -0.1) is 0 Å². The van der Waals surface area contributed by atoms with Crippen molar-refractivity contribution in [3.05, 3.63) is 59.4 Å². The van der Waals surface area contributed by atoms with Crippen LogP contribution >= 0.6 is 0 Å². The summed E-state index contributed by atoms with van der Waals surface area (Å²) >= 11 is 0. The molecule has 36 heavy (non-hydrogen) atoms. The summed E-state index contributed by atoms with van der Waals surface area (Å²) < 4.78 is 26.3. The quantitative estimate of drug-likeness (QED) is 0.691. The monoisotopic (exact) mass is 499 g/mol. The summed E-state index contributed by atoms with van der Waals surface area (Å²) in [6, 6.07) is 10.3. The fourth-order valence-electron chi connectivity index (χ4n) is 4.17. The minimum absolute atomic E-state index is 0.0186. The van der Waals surface area contributed by atoms with Gasteiger partial charge >= 0.3 is 0 Å². The number of anilines is 1. The number of benzene rings is 2. The van der Waals surface area contributed by atoms with Gasteiger partial charge in [0.25, 0.3) is 11.8 Å². The zero-order valence-corrected chi connectivity index (χ0v) is 21.4. The van der Waals surface area contributed by atoms with E-state index in [2.05, 4.69) is 5.32 Å². The van der Waals surface area contributed by atoms with Crippen molar-refractivity contribution in [3.8, 4) is 5.75 Å². The molecule has 0 aliphatic carbocycles. The highest BCUT2D eigenvalue weighted by atomic mass is 19.1. The molecule has 2 aromatic rings. The lowest BCUT2D eigenvalue weighted by Crippen LogP contribution is -2.48. The van der Waals surface area contributed by atoms with E-state index in [1.165, 1.54) is 18.2 Å². The predicted molar refractivity (Wildman–Crippen MR) is 135 cm³/mol. The van der Waals surface area contributed by atoms with Crippen LogP contribution in [0.5, 0.6) is 5.75 Å². The number of ether oxygens (including phenoxy) is 2. The van der Waals surface area contributed by atoms with Gasteiger partial charge in [-0.1, -0.05) is 26.0 Å². The van der Waals surface area contributed by atoms with Gasteiger partial charge in [-0.3, -0.25) is 14.4 Å². The fourth-order valence-corrected chi connectivity index (χ4v) is 4.17. The van der Waals surface area contributed by atoms with Crippen LogP contribution in [-0.4, -0.2) is 73.5 Å². The van der Waals surface area contributed by atoms with E-state index in [1.54, 1.807) is 55.1 Å². The minimum atomic E-state index is -0.593. The van der Waals surface area contributed by atoms with E-state index in [9.17, 15) is 18.8 Å². The number of hydrogen-bond donors (Lipinski definition) is 1. The second-order valence-corrected chi connectivity index (χ2v) is 9.15. The number of nitrogens with zero attached hydrogens (tertiary/aromatic N) is 2. The smallest absolute Gasteiger partial charge is 0.257 e. The van der Waals surface area contributed by atoms with Crippen molar-refractivity contribution in [3.63, 3.8) is 0 Å². The summed E-state index contributed by atoms with van der Waals surface area (Å²) in [6.45, 7) is 6.10. The molecule has 2 aromatic carbocycles. The number of hydrogen-bond acceptors (Lipinski definition) is 5. The molecule has 0 unspecified atom stereocenters. The van der Waals surface area contributed by atoms with Gasteiger partial charge in [-0.05, 0) is 31.2 Å². The van der Waals surface area contributed by atoms with Gasteiger partial charge in [0.1, 0.15) is 18.2 Å². The topological polar surface area (TPSA) is 88.2 Å². The summed E-state index contributed by atoms with van der Waals surface area (Å²) in [5.74, 6) is -1.33. The van der Waals surface area contributed by atoms with Gasteiger partial charge < -0.3 is 24.6 Å². The number of amides is 3. The lowest BCUT2D eigenvalue weighted by molar-refractivity contribution is -0.115. The van der Waals surface area contributed by atoms with Crippen LogP contribution in [0.1, 0.15) is 47.9 Å². The molecule has 0 radical (unpaired) electrons. The number of fused-ring (bicyclic) bond motifs is 1. The molecule has 0 spiro atoms. The highest BCUT2D eigenvalue weighted by molar-refractivity contribution is 5.98. The standard InChI is InChI=1S/C27H34FN3O5/c1-6-25(32)29-19-11-12-21-23(13-19)36-16-18(3)31(27(34)20-9-7-8-10-22(20)28)14-17(2)24(35-5)15-30(4)26(21)33/h7-13,17-18,24H,6,14-16H2,1-5H3,(H,29,32)/t17-,18+,24+/m0/s1. The molecule has 8 nitrogen and oxygen atoms in total. The number of methoxy groups -OCH3 is 1. The summed E-state index contributed by atoms with van der Waals surface area (Å²) in [6.07, 6.45) is -0.0608. The largest absolute Gasteiger partial charge is 0.491 e. The molecular weight excluding hydrogens is 465 g/mol. The van der Waals surface area contributed by atoms with Gasteiger partial charge in [0.2, 0.25) is 5.91 Å². The van der Waals surface area contributed by atoms with Crippen molar-refractivity contribution >= 4 is 23.4 Å². The lowest BCUT2D eigenvalue weighted by atomic mass is 10.0. The van der Waals surface area contributed by atoms with E-state index in [0.717, 1.165) is 0 Å². The van der Waals surface area contributed by atoms with Crippen LogP contribution in [-0.2, 0) is 9.53 Å². The zero-order valence-electron chi connectivity index (χ0n) is 21.4. The van der Waals surface area contributed by atoms with E-state index in [4.69, 9.17) is 9.47 Å².